The molecule has 0 aliphatic carbocycles. The van der Waals surface area contributed by atoms with Crippen LogP contribution in [0.25, 0.3) is 25.6 Å². The third kappa shape index (κ3) is 17.2. The molecule has 0 atom stereocenters. The van der Waals surface area contributed by atoms with Crippen molar-refractivity contribution < 1.29 is 169 Å². The number of pyridine rings is 1. The number of nitrogens with one attached hydrogen (secondary N) is 1. The quantitative estimate of drug-likeness (QED) is 0.0566. The summed E-state index contributed by atoms with van der Waals surface area (Å²) < 4.78 is 129. The fourth-order valence-corrected chi connectivity index (χ4v) is 11.7. The van der Waals surface area contributed by atoms with Gasteiger partial charge in [0.1, 0.15) is 49.2 Å². The van der Waals surface area contributed by atoms with Crippen LogP contribution >= 0.6 is 22.7 Å². The first kappa shape index (κ1) is 72.9. The van der Waals surface area contributed by atoms with E-state index < -0.39 is 51.8 Å². The zero-order valence-corrected chi connectivity index (χ0v) is 58.9. The molecule has 0 bridgehead atoms. The standard InChI is InChI=1S/C48H46N10O6S4.4Na.2O3S/c1-11-30-20-25(3)19-26(4)39(30)53-44-40(54-55-45-33(24-49)43(48(8,9)10)56-58(45)47-51-34-15-13-14-16-36(34)65-47)27(5)22-38(52-44)57(41-28(6)21-29(7)42(32(41)12-2)68(62,63)64)46-50-35-18-17-31(67(59,60)61)23-37(35)66-46;;;;;2*1-4(2)3/h13,15-18,20-23H,11-12H2,1-10H3,(H,52,53)(H,59,60,61)(H,62,63,64);;;;;;/q-2;4*+1;;/p-2. The van der Waals surface area contributed by atoms with E-state index >= 15 is 0 Å². The molecule has 8 rings (SSSR count). The molecular formula is C48H44N10Na4O12S6. The van der Waals surface area contributed by atoms with Gasteiger partial charge in [-0.2, -0.15) is 62.3 Å². The molecule has 8 aromatic rings. The van der Waals surface area contributed by atoms with Crippen LogP contribution < -0.4 is 128 Å². The van der Waals surface area contributed by atoms with Crippen molar-refractivity contribution in [3.05, 3.63) is 117 Å². The van der Waals surface area contributed by atoms with E-state index in [2.05, 4.69) is 23.5 Å². The van der Waals surface area contributed by atoms with E-state index in [0.29, 0.717) is 50.0 Å². The summed E-state index contributed by atoms with van der Waals surface area (Å²) in [6.07, 6.45) is 0.754. The molecule has 1 N–H and O–H groups in total. The number of nitriles is 1. The summed E-state index contributed by atoms with van der Waals surface area (Å²) in [6.45, 7) is 18.6. The van der Waals surface area contributed by atoms with Gasteiger partial charge in [-0.1, -0.05) is 82.7 Å². The second-order valence-electron chi connectivity index (χ2n) is 17.7. The number of aryl methyl sites for hydroxylation is 6. The number of aromatic nitrogens is 5. The van der Waals surface area contributed by atoms with Crippen molar-refractivity contribution in [2.45, 2.75) is 97.3 Å². The molecule has 32 heteroatoms. The van der Waals surface area contributed by atoms with E-state index in [4.69, 9.17) is 55.5 Å². The van der Waals surface area contributed by atoms with Crippen molar-refractivity contribution in [1.82, 2.24) is 24.7 Å². The number of thiazole rings is 2. The maximum atomic E-state index is 13.0. The molecule has 0 aliphatic heterocycles. The Hall–Kier alpha value is -3.23. The maximum absolute atomic E-state index is 13.0. The Labute approximate surface area is 562 Å². The summed E-state index contributed by atoms with van der Waals surface area (Å²) in [5.41, 5.74) is 6.79. The van der Waals surface area contributed by atoms with Crippen molar-refractivity contribution in [3.8, 4) is 11.2 Å². The second-order valence-corrected chi connectivity index (χ2v) is 23.2. The molecule has 0 fully saturated rings. The topological polar surface area (TPSA) is 337 Å². The van der Waals surface area contributed by atoms with Crippen molar-refractivity contribution in [2.75, 3.05) is 10.2 Å². The van der Waals surface area contributed by atoms with E-state index in [1.807, 2.05) is 59.7 Å². The van der Waals surface area contributed by atoms with Gasteiger partial charge in [0.15, 0.2) is 16.1 Å². The van der Waals surface area contributed by atoms with Gasteiger partial charge < -0.3 is 14.4 Å². The molecule has 0 unspecified atom stereocenters. The first-order valence-electron chi connectivity index (χ1n) is 22.3. The van der Waals surface area contributed by atoms with Crippen molar-refractivity contribution in [1.29, 1.82) is 5.26 Å². The number of nitrogens with zero attached hydrogens (tertiary/aromatic N) is 9. The second kappa shape index (κ2) is 30.0. The van der Waals surface area contributed by atoms with E-state index in [1.54, 1.807) is 50.8 Å². The van der Waals surface area contributed by atoms with Crippen LogP contribution in [0.5, 0.6) is 0 Å². The number of hydrogen-bond acceptors (Lipinski definition) is 23. The fraction of sp³-hybridized carbons (Fsp3) is 0.271. The first-order chi connectivity index (χ1) is 35.5. The van der Waals surface area contributed by atoms with Gasteiger partial charge in [-0.25, -0.2) is 31.8 Å². The van der Waals surface area contributed by atoms with Gasteiger partial charge in [-0.3, -0.25) is 4.90 Å². The smallest absolute Gasteiger partial charge is 0.744 e. The third-order valence-corrected chi connectivity index (χ3v) is 15.1. The van der Waals surface area contributed by atoms with Crippen molar-refractivity contribution >= 4 is 124 Å². The molecule has 4 aromatic heterocycles. The van der Waals surface area contributed by atoms with Crippen LogP contribution in [0.1, 0.15) is 84.8 Å². The Balaban J connectivity index is 0.00000171. The van der Waals surface area contributed by atoms with E-state index in [0.717, 1.165) is 38.2 Å². The van der Waals surface area contributed by atoms with Gasteiger partial charge in [0.25, 0.3) is 0 Å². The monoisotopic (exact) mass is 1240 g/mol. The molecule has 22 nitrogen and oxygen atoms in total. The fourth-order valence-electron chi connectivity index (χ4n) is 8.25. The van der Waals surface area contributed by atoms with Gasteiger partial charge in [0.2, 0.25) is 0 Å². The molecule has 398 valence electrons. The first-order valence-corrected chi connectivity index (χ1v) is 28.8. The summed E-state index contributed by atoms with van der Waals surface area (Å²) in [6, 6.07) is 23.4. The number of rotatable bonds is 12. The number of fused-ring (bicyclic) bond motifs is 2. The summed E-state index contributed by atoms with van der Waals surface area (Å²) >= 11 is 2.41. The largest absolute Gasteiger partial charge is 1.00 e. The summed E-state index contributed by atoms with van der Waals surface area (Å²) in [5, 5.41) is 29.4. The summed E-state index contributed by atoms with van der Waals surface area (Å²) in [5.74, 6) is 0.570. The Bertz CT molecular complexity index is 4110. The SMILES string of the molecule is CCc1cc(C)[c-]c(C)c1Nc1nc(N(c2nc3ccc(S(=O)(=O)[O-])cc3s2)c2c(C)cc(C)c(S(=O)(=O)[O-])c2CC)cc(C)c1N=Nc1c(C#N)c(C(C)(C)C)nn1-c1nc2cc[c-]cc2s1.O=S(=O)=O.O=S(=O)=O.[Na+].[Na+].[Na+].[Na+]. The summed E-state index contributed by atoms with van der Waals surface area (Å²) in [4.78, 5) is 15.7. The average molecular weight is 1240 g/mol. The van der Waals surface area contributed by atoms with E-state index in [9.17, 15) is 31.2 Å². The number of benzene rings is 4. The van der Waals surface area contributed by atoms with E-state index in [1.165, 1.54) is 34.2 Å². The Morgan fingerprint density at radius 1 is 0.787 bits per heavy atom. The molecule has 0 saturated carbocycles. The van der Waals surface area contributed by atoms with Crippen LogP contribution in [0.2, 0.25) is 0 Å². The predicted molar refractivity (Wildman–Crippen MR) is 282 cm³/mol. The molecule has 0 amide bonds. The van der Waals surface area contributed by atoms with Gasteiger partial charge >= 0.3 is 139 Å². The zero-order chi connectivity index (χ0) is 56.4. The summed E-state index contributed by atoms with van der Waals surface area (Å²) in [7, 11) is -16.1. The molecule has 4 aromatic carbocycles. The van der Waals surface area contributed by atoms with Crippen molar-refractivity contribution in [2.24, 2.45) is 10.2 Å². The predicted octanol–water partition coefficient (Wildman–Crippen LogP) is -2.63. The molecule has 0 aliphatic rings. The Morgan fingerprint density at radius 2 is 1.41 bits per heavy atom. The number of hydrogen-bond donors (Lipinski definition) is 1. The normalized spacial score (nSPS) is 11.1. The van der Waals surface area contributed by atoms with Crippen LogP contribution in [-0.4, -0.2) is 75.9 Å². The zero-order valence-electron chi connectivity index (χ0n) is 46.0. The molecular weight excluding hydrogens is 1190 g/mol. The van der Waals surface area contributed by atoms with Crippen LogP contribution in [0, 0.1) is 58.1 Å². The van der Waals surface area contributed by atoms with Crippen LogP contribution in [0.15, 0.2) is 74.6 Å². The minimum Gasteiger partial charge on any atom is -0.744 e. The molecule has 0 saturated heterocycles. The minimum atomic E-state index is -5.01. The van der Waals surface area contributed by atoms with Gasteiger partial charge in [0.05, 0.1) is 31.4 Å². The van der Waals surface area contributed by atoms with Gasteiger partial charge in [0, 0.05) is 5.41 Å². The van der Waals surface area contributed by atoms with E-state index in [-0.39, 0.29) is 175 Å². The number of anilines is 5. The van der Waals surface area contributed by atoms with Crippen LogP contribution in [0.4, 0.5) is 39.6 Å². The Morgan fingerprint density at radius 3 is 1.96 bits per heavy atom. The molecule has 80 heavy (non-hydrogen) atoms. The van der Waals surface area contributed by atoms with Crippen LogP contribution in [0.3, 0.4) is 0 Å². The molecule has 0 spiro atoms. The Kier molecular flexibility index (Phi) is 27.4. The van der Waals surface area contributed by atoms with Crippen LogP contribution in [-0.2, 0) is 59.7 Å². The number of azo groups is 1. The van der Waals surface area contributed by atoms with Gasteiger partial charge in [-0.05, 0) is 79.2 Å². The van der Waals surface area contributed by atoms with Gasteiger partial charge in [-0.15, -0.1) is 52.7 Å². The molecule has 0 radical (unpaired) electrons. The molecule has 4 heterocycles. The third-order valence-electron chi connectivity index (χ3n) is 11.2. The van der Waals surface area contributed by atoms with Crippen molar-refractivity contribution in [3.63, 3.8) is 0 Å². The maximum Gasteiger partial charge on any atom is 1.00 e. The minimum absolute atomic E-state index is 0. The average Bonchev–Trinajstić information content (AvgIpc) is 4.04.